The van der Waals surface area contributed by atoms with Crippen molar-refractivity contribution in [2.45, 2.75) is 33.1 Å². The van der Waals surface area contributed by atoms with Gasteiger partial charge in [-0.2, -0.15) is 0 Å². The molecule has 122 valence electrons. The van der Waals surface area contributed by atoms with Gasteiger partial charge in [0, 0.05) is 10.0 Å². The maximum absolute atomic E-state index is 12.1. The van der Waals surface area contributed by atoms with Gasteiger partial charge in [-0.3, -0.25) is 0 Å². The molecule has 0 aliphatic heterocycles. The molecule has 2 rings (SSSR count). The Hall–Kier alpha value is -1.81. The van der Waals surface area contributed by atoms with Crippen LogP contribution in [0.1, 0.15) is 31.9 Å². The fraction of sp³-hybridized carbons (Fsp3) is 0.316. The van der Waals surface area contributed by atoms with Crippen molar-refractivity contribution < 1.29 is 14.3 Å². The molecule has 0 atom stereocenters. The molecule has 0 saturated heterocycles. The summed E-state index contributed by atoms with van der Waals surface area (Å²) in [6, 6.07) is 13.1. The van der Waals surface area contributed by atoms with Crippen molar-refractivity contribution >= 4 is 21.9 Å². The van der Waals surface area contributed by atoms with Crippen molar-refractivity contribution in [3.05, 3.63) is 58.1 Å². The zero-order valence-corrected chi connectivity index (χ0v) is 15.4. The summed E-state index contributed by atoms with van der Waals surface area (Å²) >= 11 is 3.35. The number of rotatable bonds is 4. The monoisotopic (exact) mass is 376 g/mol. The zero-order chi connectivity index (χ0) is 17.0. The van der Waals surface area contributed by atoms with E-state index in [0.29, 0.717) is 11.5 Å². The molecule has 0 aromatic heterocycles. The molecule has 0 N–H and O–H groups in total. The Balaban J connectivity index is 2.04. The van der Waals surface area contributed by atoms with E-state index in [0.717, 1.165) is 15.6 Å². The Morgan fingerprint density at radius 2 is 1.74 bits per heavy atom. The van der Waals surface area contributed by atoms with Gasteiger partial charge in [0.15, 0.2) is 6.61 Å². The summed E-state index contributed by atoms with van der Waals surface area (Å²) in [5, 5.41) is 0. The van der Waals surface area contributed by atoms with Gasteiger partial charge in [-0.05, 0) is 42.7 Å². The third-order valence-corrected chi connectivity index (χ3v) is 3.87. The van der Waals surface area contributed by atoms with Crippen LogP contribution >= 0.6 is 15.9 Å². The van der Waals surface area contributed by atoms with Gasteiger partial charge in [-0.1, -0.05) is 54.4 Å². The fourth-order valence-electron chi connectivity index (χ4n) is 2.14. The lowest BCUT2D eigenvalue weighted by atomic mass is 9.85. The second-order valence-electron chi connectivity index (χ2n) is 6.47. The average molecular weight is 377 g/mol. The third-order valence-electron chi connectivity index (χ3n) is 3.34. The van der Waals surface area contributed by atoms with Gasteiger partial charge in [0.2, 0.25) is 0 Å². The van der Waals surface area contributed by atoms with Crippen LogP contribution in [0.5, 0.6) is 11.5 Å². The summed E-state index contributed by atoms with van der Waals surface area (Å²) < 4.78 is 11.9. The van der Waals surface area contributed by atoms with Gasteiger partial charge in [-0.25, -0.2) is 4.79 Å². The number of ether oxygens (including phenoxy) is 2. The van der Waals surface area contributed by atoms with Crippen LogP contribution in [0.3, 0.4) is 0 Å². The fourth-order valence-corrected chi connectivity index (χ4v) is 2.41. The van der Waals surface area contributed by atoms with Gasteiger partial charge in [0.05, 0.1) is 0 Å². The van der Waals surface area contributed by atoms with Crippen LogP contribution in [-0.4, -0.2) is 12.6 Å². The van der Waals surface area contributed by atoms with Crippen LogP contribution < -0.4 is 9.47 Å². The molecule has 0 bridgehead atoms. The lowest BCUT2D eigenvalue weighted by Gasteiger charge is -2.22. The zero-order valence-electron chi connectivity index (χ0n) is 13.9. The first kappa shape index (κ1) is 17.5. The number of aryl methyl sites for hydroxylation is 1. The minimum atomic E-state index is -0.415. The van der Waals surface area contributed by atoms with Gasteiger partial charge < -0.3 is 9.47 Å². The Labute approximate surface area is 145 Å². The molecule has 4 heteroatoms. The maximum Gasteiger partial charge on any atom is 0.349 e. The van der Waals surface area contributed by atoms with Crippen molar-refractivity contribution in [1.29, 1.82) is 0 Å². The second-order valence-corrected chi connectivity index (χ2v) is 7.38. The van der Waals surface area contributed by atoms with Crippen molar-refractivity contribution in [2.24, 2.45) is 0 Å². The number of hydrogen-bond acceptors (Lipinski definition) is 3. The number of benzene rings is 2. The highest BCUT2D eigenvalue weighted by Crippen LogP contribution is 2.32. The molecule has 2 aromatic rings. The lowest BCUT2D eigenvalue weighted by Crippen LogP contribution is -2.21. The average Bonchev–Trinajstić information content (AvgIpc) is 2.47. The van der Waals surface area contributed by atoms with Gasteiger partial charge in [0.1, 0.15) is 11.5 Å². The Morgan fingerprint density at radius 3 is 2.35 bits per heavy atom. The van der Waals surface area contributed by atoms with E-state index in [1.54, 1.807) is 12.1 Å². The molecule has 0 saturated carbocycles. The van der Waals surface area contributed by atoms with Crippen molar-refractivity contribution in [2.75, 3.05) is 6.61 Å². The number of hydrogen-bond donors (Lipinski definition) is 0. The van der Waals surface area contributed by atoms with Gasteiger partial charge >= 0.3 is 5.97 Å². The molecular weight excluding hydrogens is 356 g/mol. The maximum atomic E-state index is 12.1. The summed E-state index contributed by atoms with van der Waals surface area (Å²) in [4.78, 5) is 12.1. The first-order chi connectivity index (χ1) is 10.8. The predicted octanol–water partition coefficient (Wildman–Crippen LogP) is 5.04. The Kier molecular flexibility index (Phi) is 5.47. The van der Waals surface area contributed by atoms with E-state index in [4.69, 9.17) is 9.47 Å². The smallest absolute Gasteiger partial charge is 0.349 e. The summed E-state index contributed by atoms with van der Waals surface area (Å²) in [6.07, 6.45) is 0. The third kappa shape index (κ3) is 5.10. The van der Waals surface area contributed by atoms with Gasteiger partial charge in [0.25, 0.3) is 0 Å². The van der Waals surface area contributed by atoms with Crippen LogP contribution in [0.2, 0.25) is 0 Å². The summed E-state index contributed by atoms with van der Waals surface area (Å²) in [6.45, 7) is 8.18. The highest BCUT2D eigenvalue weighted by Gasteiger charge is 2.21. The molecule has 0 fully saturated rings. The van der Waals surface area contributed by atoms with E-state index in [2.05, 4.69) is 42.8 Å². The molecule has 0 aliphatic rings. The molecule has 0 amide bonds. The molecule has 23 heavy (non-hydrogen) atoms. The minimum Gasteiger partial charge on any atom is -0.482 e. The molecule has 0 radical (unpaired) electrons. The SMILES string of the molecule is Cc1ccc(OC(=O)COc2ccc(Br)cc2)c(C(C)(C)C)c1. The molecule has 0 unspecified atom stereocenters. The van der Waals surface area contributed by atoms with E-state index in [1.807, 2.05) is 31.2 Å². The second kappa shape index (κ2) is 7.18. The van der Waals surface area contributed by atoms with E-state index in [-0.39, 0.29) is 12.0 Å². The predicted molar refractivity (Wildman–Crippen MR) is 95.2 cm³/mol. The normalized spacial score (nSPS) is 11.2. The Morgan fingerprint density at radius 1 is 1.09 bits per heavy atom. The van der Waals surface area contributed by atoms with Crippen molar-refractivity contribution in [3.63, 3.8) is 0 Å². The van der Waals surface area contributed by atoms with Crippen LogP contribution in [0.15, 0.2) is 46.9 Å². The number of esters is 1. The van der Waals surface area contributed by atoms with Crippen LogP contribution in [-0.2, 0) is 10.2 Å². The molecule has 3 nitrogen and oxygen atoms in total. The van der Waals surface area contributed by atoms with E-state index < -0.39 is 5.97 Å². The molecule has 2 aromatic carbocycles. The molecule has 0 heterocycles. The summed E-state index contributed by atoms with van der Waals surface area (Å²) in [7, 11) is 0. The quantitative estimate of drug-likeness (QED) is 0.553. The summed E-state index contributed by atoms with van der Waals surface area (Å²) in [5.41, 5.74) is 2.05. The van der Waals surface area contributed by atoms with Crippen LogP contribution in [0, 0.1) is 6.92 Å². The topological polar surface area (TPSA) is 35.5 Å². The van der Waals surface area contributed by atoms with E-state index >= 15 is 0 Å². The molecule has 0 aliphatic carbocycles. The number of halogens is 1. The number of carbonyl (C=O) groups is 1. The standard InChI is InChI=1S/C19H21BrO3/c1-13-5-10-17(16(11-13)19(2,3)4)23-18(21)12-22-15-8-6-14(20)7-9-15/h5-11H,12H2,1-4H3. The minimum absolute atomic E-state index is 0.103. The Bertz CT molecular complexity index is 685. The van der Waals surface area contributed by atoms with Crippen LogP contribution in [0.25, 0.3) is 0 Å². The highest BCUT2D eigenvalue weighted by molar-refractivity contribution is 9.10. The molecule has 0 spiro atoms. The van der Waals surface area contributed by atoms with E-state index in [9.17, 15) is 4.79 Å². The number of carbonyl (C=O) groups excluding carboxylic acids is 1. The van der Waals surface area contributed by atoms with E-state index in [1.165, 1.54) is 0 Å². The highest BCUT2D eigenvalue weighted by atomic mass is 79.9. The van der Waals surface area contributed by atoms with Crippen LogP contribution in [0.4, 0.5) is 0 Å². The summed E-state index contributed by atoms with van der Waals surface area (Å²) in [5.74, 6) is 0.805. The first-order valence-electron chi connectivity index (χ1n) is 7.46. The molecular formula is C19H21BrO3. The van der Waals surface area contributed by atoms with Crippen molar-refractivity contribution in [1.82, 2.24) is 0 Å². The largest absolute Gasteiger partial charge is 0.482 e. The lowest BCUT2D eigenvalue weighted by molar-refractivity contribution is -0.136. The van der Waals surface area contributed by atoms with Crippen molar-refractivity contribution in [3.8, 4) is 11.5 Å². The first-order valence-corrected chi connectivity index (χ1v) is 8.25. The van der Waals surface area contributed by atoms with Gasteiger partial charge in [-0.15, -0.1) is 0 Å².